The van der Waals surface area contributed by atoms with E-state index in [4.69, 9.17) is 4.74 Å². The molecule has 4 rings (SSSR count). The average Bonchev–Trinajstić information content (AvgIpc) is 2.88. The number of esters is 1. The number of carbonyl (C=O) groups excluding carboxylic acids is 1. The normalized spacial score (nSPS) is 11.4. The predicted molar refractivity (Wildman–Crippen MR) is 90.6 cm³/mol. The van der Waals surface area contributed by atoms with Gasteiger partial charge in [0.2, 0.25) is 0 Å². The molecule has 0 fully saturated rings. The Morgan fingerprint density at radius 3 is 2.88 bits per heavy atom. The molecule has 0 unspecified atom stereocenters. The molecule has 0 amide bonds. The number of carbonyl (C=O) groups is 1. The van der Waals surface area contributed by atoms with Crippen molar-refractivity contribution < 1.29 is 14.3 Å². The lowest BCUT2D eigenvalue weighted by Gasteiger charge is -2.09. The molecular weight excluding hydrogens is 306 g/mol. The van der Waals surface area contributed by atoms with Gasteiger partial charge in [0.05, 0.1) is 24.6 Å². The second-order valence-corrected chi connectivity index (χ2v) is 5.58. The van der Waals surface area contributed by atoms with Crippen LogP contribution in [0.1, 0.15) is 17.3 Å². The molecule has 120 valence electrons. The highest BCUT2D eigenvalue weighted by atomic mass is 16.5. The van der Waals surface area contributed by atoms with Gasteiger partial charge >= 0.3 is 11.6 Å². The van der Waals surface area contributed by atoms with Crippen LogP contribution in [0.2, 0.25) is 0 Å². The molecule has 0 aliphatic rings. The summed E-state index contributed by atoms with van der Waals surface area (Å²) in [6.45, 7) is 2.05. The van der Waals surface area contributed by atoms with Gasteiger partial charge in [-0.3, -0.25) is 0 Å². The van der Waals surface area contributed by atoms with Crippen molar-refractivity contribution in [3.8, 4) is 0 Å². The molecule has 0 radical (unpaired) electrons. The molecule has 0 aliphatic heterocycles. The summed E-state index contributed by atoms with van der Waals surface area (Å²) in [6, 6.07) is 12.5. The van der Waals surface area contributed by atoms with Crippen LogP contribution in [0.5, 0.6) is 0 Å². The number of fused-ring (bicyclic) bond motifs is 4. The number of nitrogens with zero attached hydrogens (tertiary/aromatic N) is 3. The van der Waals surface area contributed by atoms with E-state index in [1.807, 2.05) is 35.9 Å². The minimum atomic E-state index is -0.420. The van der Waals surface area contributed by atoms with Crippen molar-refractivity contribution in [3.63, 3.8) is 0 Å². The average molecular weight is 321 g/mol. The van der Waals surface area contributed by atoms with Gasteiger partial charge in [-0.2, -0.15) is 0 Å². The fourth-order valence-electron chi connectivity index (χ4n) is 3.06. The largest absolute Gasteiger partial charge is 0.710 e. The molecule has 0 spiro atoms. The first kappa shape index (κ1) is 14.4. The summed E-state index contributed by atoms with van der Waals surface area (Å²) in [7, 11) is 1.85. The smallest absolute Gasteiger partial charge is 0.338 e. The molecular formula is C18H15N3O3. The van der Waals surface area contributed by atoms with Crippen LogP contribution in [-0.4, -0.2) is 22.1 Å². The van der Waals surface area contributed by atoms with Crippen molar-refractivity contribution in [2.45, 2.75) is 6.92 Å². The third-order valence-electron chi connectivity index (χ3n) is 4.18. The summed E-state index contributed by atoms with van der Waals surface area (Å²) < 4.78 is 7.72. The van der Waals surface area contributed by atoms with E-state index in [1.165, 1.54) is 0 Å². The summed E-state index contributed by atoms with van der Waals surface area (Å²) in [4.78, 5) is 16.6. The molecule has 6 nitrogen and oxygen atoms in total. The minimum absolute atomic E-state index is 0.300. The van der Waals surface area contributed by atoms with E-state index < -0.39 is 5.97 Å². The number of para-hydroxylation sites is 1. The van der Waals surface area contributed by atoms with Crippen molar-refractivity contribution in [1.82, 2.24) is 9.55 Å². The Balaban J connectivity index is 2.08. The van der Waals surface area contributed by atoms with E-state index >= 15 is 0 Å². The topological polar surface area (TPSA) is 71.1 Å². The highest BCUT2D eigenvalue weighted by molar-refractivity contribution is 6.05. The van der Waals surface area contributed by atoms with E-state index in [9.17, 15) is 10.0 Å². The third-order valence-corrected chi connectivity index (χ3v) is 4.18. The number of ether oxygens (including phenoxy) is 1. The Labute approximate surface area is 137 Å². The van der Waals surface area contributed by atoms with E-state index in [-0.39, 0.29) is 0 Å². The molecule has 0 N–H and O–H groups in total. The van der Waals surface area contributed by atoms with Crippen LogP contribution in [0, 0.1) is 5.21 Å². The monoisotopic (exact) mass is 321 g/mol. The SMILES string of the molecule is CCOC(=O)c1ccc2c(c1)nc1c3ccccc3n(C)c1[n+]2[O-]. The van der Waals surface area contributed by atoms with Gasteiger partial charge in [0.1, 0.15) is 11.0 Å². The minimum Gasteiger partial charge on any atom is -0.710 e. The van der Waals surface area contributed by atoms with Crippen molar-refractivity contribution in [3.05, 3.63) is 53.2 Å². The zero-order valence-electron chi connectivity index (χ0n) is 13.3. The number of benzene rings is 2. The van der Waals surface area contributed by atoms with Gasteiger partial charge in [0.15, 0.2) is 11.0 Å². The summed E-state index contributed by atoms with van der Waals surface area (Å²) in [6.07, 6.45) is 0. The number of hydrogen-bond acceptors (Lipinski definition) is 4. The maximum atomic E-state index is 12.8. The van der Waals surface area contributed by atoms with Crippen LogP contribution in [0.15, 0.2) is 42.5 Å². The summed E-state index contributed by atoms with van der Waals surface area (Å²) >= 11 is 0. The van der Waals surface area contributed by atoms with E-state index in [2.05, 4.69) is 4.98 Å². The quantitative estimate of drug-likeness (QED) is 0.323. The van der Waals surface area contributed by atoms with Crippen molar-refractivity contribution in [1.29, 1.82) is 0 Å². The Morgan fingerprint density at radius 2 is 2.08 bits per heavy atom. The van der Waals surface area contributed by atoms with Gasteiger partial charge < -0.3 is 9.94 Å². The fraction of sp³-hybridized carbons (Fsp3) is 0.167. The second kappa shape index (κ2) is 5.19. The van der Waals surface area contributed by atoms with Crippen LogP contribution >= 0.6 is 0 Å². The van der Waals surface area contributed by atoms with Gasteiger partial charge in [0.25, 0.3) is 0 Å². The zero-order valence-corrected chi connectivity index (χ0v) is 13.3. The number of aromatic nitrogens is 3. The van der Waals surface area contributed by atoms with Crippen molar-refractivity contribution >= 4 is 39.1 Å². The predicted octanol–water partition coefficient (Wildman–Crippen LogP) is 2.69. The molecule has 2 heterocycles. The molecule has 4 aromatic rings. The van der Waals surface area contributed by atoms with E-state index in [1.54, 1.807) is 25.1 Å². The lowest BCUT2D eigenvalue weighted by molar-refractivity contribution is -0.551. The fourth-order valence-corrected chi connectivity index (χ4v) is 3.06. The van der Waals surface area contributed by atoms with Crippen LogP contribution in [0.25, 0.3) is 33.1 Å². The standard InChI is InChI=1S/C18H15N3O3/c1-3-24-18(22)11-8-9-15-13(10-11)19-16-12-6-4-5-7-14(12)20(2)17(16)21(15)23/h4-10H,3H2,1-2H3. The summed E-state index contributed by atoms with van der Waals surface area (Å²) in [5.74, 6) is -0.420. The summed E-state index contributed by atoms with van der Waals surface area (Å²) in [5, 5.41) is 13.7. The molecule has 0 aliphatic carbocycles. The van der Waals surface area contributed by atoms with Gasteiger partial charge in [-0.1, -0.05) is 12.1 Å². The van der Waals surface area contributed by atoms with E-state index in [0.29, 0.717) is 34.4 Å². The molecule has 0 bridgehead atoms. The first-order valence-corrected chi connectivity index (χ1v) is 7.69. The molecule has 0 saturated carbocycles. The number of hydrogen-bond donors (Lipinski definition) is 0. The summed E-state index contributed by atoms with van der Waals surface area (Å²) in [5.41, 5.74) is 3.33. The van der Waals surface area contributed by atoms with Crippen LogP contribution < -0.4 is 4.73 Å². The second-order valence-electron chi connectivity index (χ2n) is 5.58. The Hall–Kier alpha value is -3.15. The van der Waals surface area contributed by atoms with Crippen molar-refractivity contribution in [2.75, 3.05) is 6.61 Å². The van der Waals surface area contributed by atoms with Gasteiger partial charge in [-0.15, -0.1) is 0 Å². The Morgan fingerprint density at radius 1 is 1.29 bits per heavy atom. The maximum absolute atomic E-state index is 12.8. The Kier molecular flexibility index (Phi) is 3.13. The van der Waals surface area contributed by atoms with Crippen molar-refractivity contribution in [2.24, 2.45) is 7.05 Å². The third kappa shape index (κ3) is 1.93. The molecule has 2 aromatic carbocycles. The van der Waals surface area contributed by atoms with Crippen LogP contribution in [0.3, 0.4) is 0 Å². The molecule has 0 saturated heterocycles. The first-order valence-electron chi connectivity index (χ1n) is 7.69. The van der Waals surface area contributed by atoms with Gasteiger partial charge in [0, 0.05) is 0 Å². The van der Waals surface area contributed by atoms with Crippen LogP contribution in [0.4, 0.5) is 0 Å². The van der Waals surface area contributed by atoms with E-state index in [0.717, 1.165) is 15.6 Å². The first-order chi connectivity index (χ1) is 11.6. The highest BCUT2D eigenvalue weighted by Gasteiger charge is 2.20. The molecule has 24 heavy (non-hydrogen) atoms. The van der Waals surface area contributed by atoms with Crippen LogP contribution in [-0.2, 0) is 11.8 Å². The highest BCUT2D eigenvalue weighted by Crippen LogP contribution is 2.26. The van der Waals surface area contributed by atoms with Gasteiger partial charge in [-0.05, 0) is 37.3 Å². The lowest BCUT2D eigenvalue weighted by Crippen LogP contribution is -2.30. The molecule has 0 atom stereocenters. The van der Waals surface area contributed by atoms with Gasteiger partial charge in [-0.25, -0.2) is 19.1 Å². The zero-order chi connectivity index (χ0) is 16.8. The number of rotatable bonds is 2. The lowest BCUT2D eigenvalue weighted by atomic mass is 10.2. The Bertz CT molecular complexity index is 1120. The maximum Gasteiger partial charge on any atom is 0.338 e. The molecule has 2 aromatic heterocycles. The molecule has 6 heteroatoms. The number of aryl methyl sites for hydroxylation is 1.